The van der Waals surface area contributed by atoms with Crippen molar-refractivity contribution in [1.29, 1.82) is 0 Å². The second kappa shape index (κ2) is 7.21. The average molecular weight is 300 g/mol. The van der Waals surface area contributed by atoms with Gasteiger partial charge >= 0.3 is 5.97 Å². The molecule has 0 spiro atoms. The van der Waals surface area contributed by atoms with Crippen molar-refractivity contribution in [2.24, 2.45) is 0 Å². The Morgan fingerprint density at radius 2 is 1.77 bits per heavy atom. The number of rotatable bonds is 5. The molecular formula is C16H16N2O4. The molecule has 1 amide bonds. The summed E-state index contributed by atoms with van der Waals surface area (Å²) in [5, 5.41) is 10.9. The maximum Gasteiger partial charge on any atom is 0.339 e. The largest absolute Gasteiger partial charge is 0.619 e. The molecule has 1 aromatic carbocycles. The number of carbonyl (C=O) groups excluding carboxylic acids is 2. The third-order valence-corrected chi connectivity index (χ3v) is 3.05. The van der Waals surface area contributed by atoms with E-state index in [0.717, 1.165) is 5.56 Å². The van der Waals surface area contributed by atoms with Crippen LogP contribution in [0, 0.1) is 5.21 Å². The van der Waals surface area contributed by atoms with Gasteiger partial charge in [0.05, 0.1) is 5.56 Å². The highest BCUT2D eigenvalue weighted by atomic mass is 16.5. The molecule has 0 unspecified atom stereocenters. The van der Waals surface area contributed by atoms with E-state index in [1.54, 1.807) is 7.05 Å². The van der Waals surface area contributed by atoms with Crippen molar-refractivity contribution in [3.05, 3.63) is 71.2 Å². The van der Waals surface area contributed by atoms with Gasteiger partial charge in [0.15, 0.2) is 19.0 Å². The summed E-state index contributed by atoms with van der Waals surface area (Å²) in [4.78, 5) is 25.2. The number of nitrogens with zero attached hydrogens (tertiary/aromatic N) is 2. The van der Waals surface area contributed by atoms with E-state index in [1.165, 1.54) is 29.4 Å². The smallest absolute Gasteiger partial charge is 0.339 e. The molecule has 22 heavy (non-hydrogen) atoms. The van der Waals surface area contributed by atoms with Crippen LogP contribution in [0.25, 0.3) is 0 Å². The summed E-state index contributed by atoms with van der Waals surface area (Å²) in [5.74, 6) is -0.936. The fraction of sp³-hybridized carbons (Fsp3) is 0.188. The molecule has 0 N–H and O–H groups in total. The van der Waals surface area contributed by atoms with Gasteiger partial charge in [0, 0.05) is 25.7 Å². The highest BCUT2D eigenvalue weighted by Gasteiger charge is 2.14. The SMILES string of the molecule is CN(Cc1ccccc1)C(=O)COC(=O)c1cc[n+]([O-])cc1. The number of pyridine rings is 1. The molecule has 6 heteroatoms. The summed E-state index contributed by atoms with van der Waals surface area (Å²) in [6, 6.07) is 12.2. The number of hydrogen-bond donors (Lipinski definition) is 0. The van der Waals surface area contributed by atoms with Crippen LogP contribution in [0.1, 0.15) is 15.9 Å². The molecule has 0 aliphatic heterocycles. The molecule has 2 aromatic rings. The van der Waals surface area contributed by atoms with Crippen LogP contribution >= 0.6 is 0 Å². The lowest BCUT2D eigenvalue weighted by Crippen LogP contribution is -2.31. The Balaban J connectivity index is 1.84. The molecule has 0 saturated carbocycles. The third kappa shape index (κ3) is 4.31. The lowest BCUT2D eigenvalue weighted by Gasteiger charge is -2.17. The van der Waals surface area contributed by atoms with Gasteiger partial charge in [0.25, 0.3) is 5.91 Å². The zero-order valence-corrected chi connectivity index (χ0v) is 12.1. The molecule has 0 atom stereocenters. The molecule has 0 aliphatic carbocycles. The van der Waals surface area contributed by atoms with E-state index < -0.39 is 5.97 Å². The van der Waals surface area contributed by atoms with E-state index in [1.807, 2.05) is 30.3 Å². The maximum absolute atomic E-state index is 11.9. The standard InChI is InChI=1S/C16H16N2O4/c1-17(11-13-5-3-2-4-6-13)15(19)12-22-16(20)14-7-9-18(21)10-8-14/h2-10H,11-12H2,1H3. The Morgan fingerprint density at radius 1 is 1.14 bits per heavy atom. The van der Waals surface area contributed by atoms with Crippen molar-refractivity contribution in [2.45, 2.75) is 6.54 Å². The molecular weight excluding hydrogens is 284 g/mol. The number of hydrogen-bond acceptors (Lipinski definition) is 4. The summed E-state index contributed by atoms with van der Waals surface area (Å²) in [6.45, 7) is 0.104. The molecule has 1 heterocycles. The Labute approximate surface area is 128 Å². The van der Waals surface area contributed by atoms with Crippen LogP contribution in [0.3, 0.4) is 0 Å². The lowest BCUT2D eigenvalue weighted by molar-refractivity contribution is -0.605. The van der Waals surface area contributed by atoms with Gasteiger partial charge in [-0.2, -0.15) is 4.73 Å². The summed E-state index contributed by atoms with van der Waals surface area (Å²) in [7, 11) is 1.64. The molecule has 0 saturated heterocycles. The highest BCUT2D eigenvalue weighted by Crippen LogP contribution is 2.04. The maximum atomic E-state index is 11.9. The van der Waals surface area contributed by atoms with Gasteiger partial charge in [0.1, 0.15) is 0 Å². The number of ether oxygens (including phenoxy) is 1. The van der Waals surface area contributed by atoms with Crippen molar-refractivity contribution < 1.29 is 19.1 Å². The van der Waals surface area contributed by atoms with E-state index in [9.17, 15) is 14.8 Å². The van der Waals surface area contributed by atoms with Crippen molar-refractivity contribution in [2.75, 3.05) is 13.7 Å². The first-order valence-electron chi connectivity index (χ1n) is 6.70. The summed E-state index contributed by atoms with van der Waals surface area (Å²) >= 11 is 0. The number of carbonyl (C=O) groups is 2. The highest BCUT2D eigenvalue weighted by molar-refractivity contribution is 5.91. The minimum absolute atomic E-state index is 0.227. The first-order valence-corrected chi connectivity index (χ1v) is 6.70. The van der Waals surface area contributed by atoms with E-state index in [2.05, 4.69) is 0 Å². The van der Waals surface area contributed by atoms with Gasteiger partial charge < -0.3 is 14.8 Å². The second-order valence-corrected chi connectivity index (χ2v) is 4.76. The number of benzene rings is 1. The molecule has 0 aliphatic rings. The molecule has 0 bridgehead atoms. The van der Waals surface area contributed by atoms with Crippen LogP contribution in [-0.2, 0) is 16.1 Å². The van der Waals surface area contributed by atoms with Crippen molar-refractivity contribution >= 4 is 11.9 Å². The first kappa shape index (κ1) is 15.5. The van der Waals surface area contributed by atoms with Crippen LogP contribution in [0.2, 0.25) is 0 Å². The lowest BCUT2D eigenvalue weighted by atomic mass is 10.2. The Bertz CT molecular complexity index is 641. The predicted octanol–water partition coefficient (Wildman–Crippen LogP) is 1.14. The molecule has 0 fully saturated rings. The predicted molar refractivity (Wildman–Crippen MR) is 78.6 cm³/mol. The van der Waals surface area contributed by atoms with Crippen molar-refractivity contribution in [3.8, 4) is 0 Å². The van der Waals surface area contributed by atoms with E-state index in [0.29, 0.717) is 11.3 Å². The van der Waals surface area contributed by atoms with E-state index in [4.69, 9.17) is 4.74 Å². The zero-order valence-electron chi connectivity index (χ0n) is 12.1. The first-order chi connectivity index (χ1) is 10.6. The third-order valence-electron chi connectivity index (χ3n) is 3.05. The van der Waals surface area contributed by atoms with E-state index >= 15 is 0 Å². The number of likely N-dealkylation sites (N-methyl/N-ethyl adjacent to an activating group) is 1. The number of esters is 1. The average Bonchev–Trinajstić information content (AvgIpc) is 2.53. The molecule has 0 radical (unpaired) electrons. The number of aromatic nitrogens is 1. The minimum Gasteiger partial charge on any atom is -0.619 e. The quantitative estimate of drug-likeness (QED) is 0.471. The minimum atomic E-state index is -0.637. The normalized spacial score (nSPS) is 10.0. The van der Waals surface area contributed by atoms with Gasteiger partial charge in [-0.25, -0.2) is 4.79 Å². The molecule has 2 rings (SSSR count). The summed E-state index contributed by atoms with van der Waals surface area (Å²) in [5.41, 5.74) is 1.22. The van der Waals surface area contributed by atoms with Crippen LogP contribution in [0.15, 0.2) is 54.9 Å². The van der Waals surface area contributed by atoms with Crippen molar-refractivity contribution in [1.82, 2.24) is 4.90 Å². The van der Waals surface area contributed by atoms with Gasteiger partial charge in [-0.1, -0.05) is 30.3 Å². The van der Waals surface area contributed by atoms with Crippen LogP contribution < -0.4 is 4.73 Å². The van der Waals surface area contributed by atoms with Gasteiger partial charge in [-0.15, -0.1) is 0 Å². The molecule has 6 nitrogen and oxygen atoms in total. The Kier molecular flexibility index (Phi) is 5.08. The van der Waals surface area contributed by atoms with Gasteiger partial charge in [-0.3, -0.25) is 4.79 Å². The zero-order chi connectivity index (χ0) is 15.9. The van der Waals surface area contributed by atoms with Gasteiger partial charge in [0.2, 0.25) is 0 Å². The Morgan fingerprint density at radius 3 is 2.41 bits per heavy atom. The van der Waals surface area contributed by atoms with E-state index in [-0.39, 0.29) is 18.1 Å². The fourth-order valence-electron chi connectivity index (χ4n) is 1.82. The molecule has 1 aromatic heterocycles. The van der Waals surface area contributed by atoms with Crippen LogP contribution in [0.4, 0.5) is 0 Å². The fourth-order valence-corrected chi connectivity index (χ4v) is 1.82. The van der Waals surface area contributed by atoms with Gasteiger partial charge in [-0.05, 0) is 5.56 Å². The number of amides is 1. The van der Waals surface area contributed by atoms with Crippen molar-refractivity contribution in [3.63, 3.8) is 0 Å². The summed E-state index contributed by atoms with van der Waals surface area (Å²) < 4.78 is 5.51. The second-order valence-electron chi connectivity index (χ2n) is 4.76. The van der Waals surface area contributed by atoms with Crippen LogP contribution in [-0.4, -0.2) is 30.4 Å². The molecule has 114 valence electrons. The summed E-state index contributed by atoms with van der Waals surface area (Å²) in [6.07, 6.45) is 2.39. The monoisotopic (exact) mass is 300 g/mol. The Hall–Kier alpha value is -2.89. The topological polar surface area (TPSA) is 73.5 Å². The van der Waals surface area contributed by atoms with Crippen LogP contribution in [0.5, 0.6) is 0 Å².